The van der Waals surface area contributed by atoms with E-state index in [-0.39, 0.29) is 5.91 Å². The van der Waals surface area contributed by atoms with Crippen LogP contribution in [0.4, 0.5) is 0 Å². The van der Waals surface area contributed by atoms with Crippen LogP contribution in [-0.4, -0.2) is 34.2 Å². The molecule has 2 N–H and O–H groups in total. The highest BCUT2D eigenvalue weighted by atomic mass is 16.2. The zero-order valence-corrected chi connectivity index (χ0v) is 12.3. The molecule has 0 aliphatic carbocycles. The predicted molar refractivity (Wildman–Crippen MR) is 76.4 cm³/mol. The van der Waals surface area contributed by atoms with E-state index >= 15 is 0 Å². The molecule has 5 heteroatoms. The molecule has 1 atom stereocenters. The molecule has 0 aliphatic heterocycles. The number of aromatic nitrogens is 2. The molecule has 0 aliphatic rings. The summed E-state index contributed by atoms with van der Waals surface area (Å²) < 4.78 is 1.75. The second-order valence-corrected chi connectivity index (χ2v) is 5.16. The molecule has 1 aromatic rings. The van der Waals surface area contributed by atoms with E-state index in [4.69, 9.17) is 5.73 Å². The summed E-state index contributed by atoms with van der Waals surface area (Å²) in [4.78, 5) is 13.8. The second kappa shape index (κ2) is 7.94. The molecule has 1 amide bonds. The third-order valence-electron chi connectivity index (χ3n) is 3.52. The van der Waals surface area contributed by atoms with Gasteiger partial charge in [-0.1, -0.05) is 13.3 Å². The quantitative estimate of drug-likeness (QED) is 0.776. The number of carbonyl (C=O) groups excluding carboxylic acids is 1. The maximum atomic E-state index is 12.0. The van der Waals surface area contributed by atoms with Gasteiger partial charge in [0.05, 0.1) is 6.20 Å². The van der Waals surface area contributed by atoms with E-state index in [1.54, 1.807) is 15.8 Å². The Morgan fingerprint density at radius 2 is 2.26 bits per heavy atom. The molecule has 0 spiro atoms. The van der Waals surface area contributed by atoms with E-state index in [9.17, 15) is 4.79 Å². The van der Waals surface area contributed by atoms with Gasteiger partial charge in [0.15, 0.2) is 0 Å². The van der Waals surface area contributed by atoms with Gasteiger partial charge in [-0.15, -0.1) is 0 Å². The molecule has 0 fully saturated rings. The molecule has 0 radical (unpaired) electrons. The smallest absolute Gasteiger partial charge is 0.222 e. The number of hydrogen-bond donors (Lipinski definition) is 1. The first-order chi connectivity index (χ1) is 9.06. The third-order valence-corrected chi connectivity index (χ3v) is 3.52. The Balaban J connectivity index is 2.36. The number of carbonyl (C=O) groups is 1. The Kier molecular flexibility index (Phi) is 6.56. The zero-order valence-electron chi connectivity index (χ0n) is 12.3. The van der Waals surface area contributed by atoms with Gasteiger partial charge in [0.1, 0.15) is 0 Å². The van der Waals surface area contributed by atoms with E-state index in [1.165, 1.54) is 0 Å². The van der Waals surface area contributed by atoms with Gasteiger partial charge in [-0.25, -0.2) is 0 Å². The topological polar surface area (TPSA) is 64.2 Å². The van der Waals surface area contributed by atoms with Gasteiger partial charge in [-0.3, -0.25) is 9.48 Å². The molecule has 0 aromatic carbocycles. The fourth-order valence-electron chi connectivity index (χ4n) is 2.22. The minimum atomic E-state index is 0.194. The van der Waals surface area contributed by atoms with Crippen molar-refractivity contribution in [1.82, 2.24) is 14.7 Å². The van der Waals surface area contributed by atoms with Crippen molar-refractivity contribution in [3.05, 3.63) is 18.0 Å². The summed E-state index contributed by atoms with van der Waals surface area (Å²) in [6.45, 7) is 3.49. The standard InChI is InChI=1S/C14H26N4O/c1-4-12(7-8-15)5-6-14(19)17(2)10-13-9-16-18(3)11-13/h9,11-12H,4-8,10,15H2,1-3H3. The van der Waals surface area contributed by atoms with E-state index in [1.807, 2.05) is 20.3 Å². The number of rotatable bonds is 8. The molecule has 0 saturated carbocycles. The lowest BCUT2D eigenvalue weighted by molar-refractivity contribution is -0.130. The maximum absolute atomic E-state index is 12.0. The summed E-state index contributed by atoms with van der Waals surface area (Å²) in [6.07, 6.45) is 7.38. The lowest BCUT2D eigenvalue weighted by atomic mass is 9.96. The van der Waals surface area contributed by atoms with Crippen molar-refractivity contribution < 1.29 is 4.79 Å². The number of nitrogens with two attached hydrogens (primary N) is 1. The first kappa shape index (κ1) is 15.7. The largest absolute Gasteiger partial charge is 0.341 e. The molecule has 0 bridgehead atoms. The molecule has 1 heterocycles. The molecule has 108 valence electrons. The van der Waals surface area contributed by atoms with Gasteiger partial charge in [0.25, 0.3) is 0 Å². The Hall–Kier alpha value is -1.36. The molecule has 5 nitrogen and oxygen atoms in total. The number of hydrogen-bond acceptors (Lipinski definition) is 3. The minimum absolute atomic E-state index is 0.194. The maximum Gasteiger partial charge on any atom is 0.222 e. The highest BCUT2D eigenvalue weighted by Gasteiger charge is 2.13. The lowest BCUT2D eigenvalue weighted by Gasteiger charge is -2.18. The average molecular weight is 266 g/mol. The van der Waals surface area contributed by atoms with Crippen LogP contribution in [0, 0.1) is 5.92 Å². The van der Waals surface area contributed by atoms with E-state index in [2.05, 4.69) is 12.0 Å². The van der Waals surface area contributed by atoms with E-state index in [0.29, 0.717) is 25.4 Å². The predicted octanol–water partition coefficient (Wildman–Crippen LogP) is 1.53. The Morgan fingerprint density at radius 1 is 1.53 bits per heavy atom. The van der Waals surface area contributed by atoms with Crippen LogP contribution in [0.3, 0.4) is 0 Å². The van der Waals surface area contributed by atoms with Crippen LogP contribution >= 0.6 is 0 Å². The van der Waals surface area contributed by atoms with Gasteiger partial charge in [0, 0.05) is 38.8 Å². The number of nitrogens with zero attached hydrogens (tertiary/aromatic N) is 3. The molecule has 19 heavy (non-hydrogen) atoms. The van der Waals surface area contributed by atoms with Crippen LogP contribution in [0.1, 0.15) is 38.2 Å². The van der Waals surface area contributed by atoms with Gasteiger partial charge in [-0.2, -0.15) is 5.10 Å². The summed E-state index contributed by atoms with van der Waals surface area (Å²) in [7, 11) is 3.73. The summed E-state index contributed by atoms with van der Waals surface area (Å²) in [5, 5.41) is 4.11. The summed E-state index contributed by atoms with van der Waals surface area (Å²) in [5.74, 6) is 0.764. The summed E-state index contributed by atoms with van der Waals surface area (Å²) in [5.41, 5.74) is 6.63. The van der Waals surface area contributed by atoms with Crippen LogP contribution in [0.15, 0.2) is 12.4 Å². The minimum Gasteiger partial charge on any atom is -0.341 e. The van der Waals surface area contributed by atoms with Crippen molar-refractivity contribution in [2.45, 2.75) is 39.2 Å². The van der Waals surface area contributed by atoms with Crippen LogP contribution in [0.25, 0.3) is 0 Å². The van der Waals surface area contributed by atoms with Gasteiger partial charge < -0.3 is 10.6 Å². The van der Waals surface area contributed by atoms with Gasteiger partial charge in [-0.05, 0) is 25.3 Å². The zero-order chi connectivity index (χ0) is 14.3. The number of aryl methyl sites for hydroxylation is 1. The highest BCUT2D eigenvalue weighted by molar-refractivity contribution is 5.75. The normalized spacial score (nSPS) is 12.4. The van der Waals surface area contributed by atoms with Crippen LogP contribution in [0.2, 0.25) is 0 Å². The third kappa shape index (κ3) is 5.42. The molecule has 1 aromatic heterocycles. The SMILES string of the molecule is CCC(CCN)CCC(=O)N(C)Cc1cnn(C)c1. The summed E-state index contributed by atoms with van der Waals surface area (Å²) >= 11 is 0. The van der Waals surface area contributed by atoms with E-state index < -0.39 is 0 Å². The monoisotopic (exact) mass is 266 g/mol. The second-order valence-electron chi connectivity index (χ2n) is 5.16. The fourth-order valence-corrected chi connectivity index (χ4v) is 2.22. The lowest BCUT2D eigenvalue weighted by Crippen LogP contribution is -2.26. The van der Waals surface area contributed by atoms with E-state index in [0.717, 1.165) is 24.8 Å². The van der Waals surface area contributed by atoms with Crippen molar-refractivity contribution in [2.24, 2.45) is 18.7 Å². The highest BCUT2D eigenvalue weighted by Crippen LogP contribution is 2.15. The van der Waals surface area contributed by atoms with Crippen LogP contribution < -0.4 is 5.73 Å². The molecule has 1 unspecified atom stereocenters. The Bertz CT molecular complexity index is 389. The van der Waals surface area contributed by atoms with Crippen molar-refractivity contribution in [3.8, 4) is 0 Å². The number of amides is 1. The summed E-state index contributed by atoms with van der Waals surface area (Å²) in [6, 6.07) is 0. The molecular weight excluding hydrogens is 240 g/mol. The Labute approximate surface area is 115 Å². The molecular formula is C14H26N4O. The van der Waals surface area contributed by atoms with Crippen LogP contribution in [-0.2, 0) is 18.4 Å². The molecule has 0 saturated heterocycles. The first-order valence-corrected chi connectivity index (χ1v) is 6.98. The van der Waals surface area contributed by atoms with Gasteiger partial charge >= 0.3 is 0 Å². The first-order valence-electron chi connectivity index (χ1n) is 6.98. The van der Waals surface area contributed by atoms with Crippen molar-refractivity contribution in [3.63, 3.8) is 0 Å². The average Bonchev–Trinajstić information content (AvgIpc) is 2.79. The Morgan fingerprint density at radius 3 is 2.79 bits per heavy atom. The van der Waals surface area contributed by atoms with Crippen molar-refractivity contribution in [1.29, 1.82) is 0 Å². The van der Waals surface area contributed by atoms with Crippen LogP contribution in [0.5, 0.6) is 0 Å². The van der Waals surface area contributed by atoms with Crippen molar-refractivity contribution >= 4 is 5.91 Å². The molecule has 1 rings (SSSR count). The fraction of sp³-hybridized carbons (Fsp3) is 0.714. The van der Waals surface area contributed by atoms with Gasteiger partial charge in [0.2, 0.25) is 5.91 Å². The van der Waals surface area contributed by atoms with Crippen molar-refractivity contribution in [2.75, 3.05) is 13.6 Å².